The van der Waals surface area contributed by atoms with E-state index in [0.717, 1.165) is 48.1 Å². The van der Waals surface area contributed by atoms with Crippen LogP contribution in [0.1, 0.15) is 104 Å². The van der Waals surface area contributed by atoms with Gasteiger partial charge in [-0.05, 0) is 77.7 Å². The van der Waals surface area contributed by atoms with Crippen LogP contribution < -0.4 is 20.9 Å². The van der Waals surface area contributed by atoms with Crippen molar-refractivity contribution >= 4 is 58.5 Å². The van der Waals surface area contributed by atoms with Gasteiger partial charge in [0.1, 0.15) is 13.5 Å². The quantitative estimate of drug-likeness (QED) is 0.0407. The third-order valence-electron chi connectivity index (χ3n) is 12.1. The fourth-order valence-electron chi connectivity index (χ4n) is 8.60. The van der Waals surface area contributed by atoms with E-state index in [1.807, 2.05) is 80.9 Å². The first-order valence-corrected chi connectivity index (χ1v) is 26.5. The van der Waals surface area contributed by atoms with Gasteiger partial charge >= 0.3 is 7.60 Å². The molecule has 2 aromatic carbocycles. The summed E-state index contributed by atoms with van der Waals surface area (Å²) < 4.78 is 31.5. The zero-order valence-electron chi connectivity index (χ0n) is 41.3. The first-order chi connectivity index (χ1) is 33.5. The predicted octanol–water partition coefficient (Wildman–Crippen LogP) is 5.06. The molecule has 0 spiro atoms. The van der Waals surface area contributed by atoms with Crippen LogP contribution in [-0.2, 0) is 55.6 Å². The third kappa shape index (κ3) is 17.8. The van der Waals surface area contributed by atoms with Gasteiger partial charge in [-0.1, -0.05) is 66.9 Å². The number of unbranched alkanes of at least 4 members (excludes halogenated alkanes) is 5. The predicted molar refractivity (Wildman–Crippen MR) is 269 cm³/mol. The average Bonchev–Trinajstić information content (AvgIpc) is 3.89. The fraction of sp³-hybridized carbons (Fsp3) is 0.612. The number of hydrogen-bond donors (Lipinski definition) is 4. The molecule has 4 atom stereocenters. The molecule has 4 radical (unpaired) electrons. The summed E-state index contributed by atoms with van der Waals surface area (Å²) in [6, 6.07) is 14.9. The lowest BCUT2D eigenvalue weighted by atomic mass is 9.92. The molecule has 70 heavy (non-hydrogen) atoms. The highest BCUT2D eigenvalue weighted by Crippen LogP contribution is 2.47. The van der Waals surface area contributed by atoms with Crippen molar-refractivity contribution in [3.63, 3.8) is 0 Å². The fourth-order valence-corrected chi connectivity index (χ4v) is 10.1. The molecule has 0 saturated carbocycles. The number of carbonyl (C=O) groups is 5. The van der Waals surface area contributed by atoms with Crippen LogP contribution in [-0.4, -0.2) is 140 Å². The highest BCUT2D eigenvalue weighted by atomic mass is 31.2. The number of carbonyl (C=O) groups excluding carboxylic acids is 5. The third-order valence-corrected chi connectivity index (χ3v) is 13.6. The van der Waals surface area contributed by atoms with Crippen LogP contribution in [0.2, 0.25) is 6.32 Å². The zero-order chi connectivity index (χ0) is 50.6. The Morgan fingerprint density at radius 1 is 0.886 bits per heavy atom. The molecule has 1 aromatic heterocycles. The highest BCUT2D eigenvalue weighted by molar-refractivity contribution is 7.52. The number of rotatable bonds is 29. The van der Waals surface area contributed by atoms with Gasteiger partial charge in [-0.15, -0.1) is 5.10 Å². The smallest absolute Gasteiger partial charge is 0.328 e. The summed E-state index contributed by atoms with van der Waals surface area (Å²) in [5, 5.41) is 17.7. The van der Waals surface area contributed by atoms with Crippen LogP contribution in [0.5, 0.6) is 0 Å². The van der Waals surface area contributed by atoms with Crippen LogP contribution in [0.25, 0.3) is 22.5 Å². The van der Waals surface area contributed by atoms with E-state index in [-0.39, 0.29) is 112 Å². The molecule has 5 rings (SSSR count). The standard InChI is InChI=1S/C49H71B2N8O10P/c1-34(2)54-45(62)31-57(47(64)29-50)26-24-53-43(60)20-8-7-14-25-59-49-38-17-10-9-16-36(38)30-58(40-19-12-11-18-39(40)48(49)55-56-59)46(63)22-21-44(61)52-23-13-5-6-15-27-68-70(65,66)33-37-28-42(51)69-41(37)32-67-35(3)4/h9-12,16-19,34-35,37,41-42H,5-8,13-15,20-33H2,1-4H3,(H,52,61)(H,53,60)(H,54,62)(H,65,66)/t37?,41-,42-/m1/s1. The van der Waals surface area contributed by atoms with Crippen LogP contribution in [0.3, 0.4) is 0 Å². The molecule has 378 valence electrons. The van der Waals surface area contributed by atoms with Crippen molar-refractivity contribution in [1.29, 1.82) is 0 Å². The molecule has 0 bridgehead atoms. The zero-order valence-corrected chi connectivity index (χ0v) is 42.2. The SMILES string of the molecule is [B]CC(=O)N(CCNC(=O)CCCCCn1nnc2c1-c1ccccc1CN(C(=O)CCC(=O)NCCCCCCOP(=O)(O)CC1C[C@H]([B])O[C@@H]1COC(C)C)c1ccccc1-2)CC(=O)NC(C)C. The molecule has 21 heteroatoms. The van der Waals surface area contributed by atoms with E-state index in [1.54, 1.807) is 4.90 Å². The number of anilines is 1. The average molecular weight is 985 g/mol. The molecule has 2 aliphatic rings. The monoisotopic (exact) mass is 985 g/mol. The van der Waals surface area contributed by atoms with Gasteiger partial charge < -0.3 is 44.6 Å². The minimum absolute atomic E-state index is 0.00639. The summed E-state index contributed by atoms with van der Waals surface area (Å²) in [7, 11) is 7.65. The van der Waals surface area contributed by atoms with Crippen LogP contribution in [0, 0.1) is 5.92 Å². The van der Waals surface area contributed by atoms with Crippen molar-refractivity contribution in [2.24, 2.45) is 5.92 Å². The summed E-state index contributed by atoms with van der Waals surface area (Å²) >= 11 is 0. The van der Waals surface area contributed by atoms with E-state index in [4.69, 9.17) is 29.7 Å². The summed E-state index contributed by atoms with van der Waals surface area (Å²) in [4.78, 5) is 77.6. The molecule has 18 nitrogen and oxygen atoms in total. The lowest BCUT2D eigenvalue weighted by Crippen LogP contribution is -2.45. The second kappa shape index (κ2) is 28.2. The number of aromatic nitrogens is 3. The van der Waals surface area contributed by atoms with Gasteiger partial charge in [0, 0.05) is 74.5 Å². The first kappa shape index (κ1) is 56.0. The minimum atomic E-state index is -3.84. The van der Waals surface area contributed by atoms with Gasteiger partial charge in [-0.3, -0.25) is 28.5 Å². The summed E-state index contributed by atoms with van der Waals surface area (Å²) in [5.41, 5.74) is 4.72. The van der Waals surface area contributed by atoms with Gasteiger partial charge in [-0.2, -0.15) is 0 Å². The number of aryl methyl sites for hydroxylation is 1. The maximum atomic E-state index is 14.0. The van der Waals surface area contributed by atoms with Crippen molar-refractivity contribution in [3.8, 4) is 22.5 Å². The molecule has 0 aliphatic carbocycles. The summed E-state index contributed by atoms with van der Waals surface area (Å²) in [6.07, 6.45) is 5.18. The maximum absolute atomic E-state index is 14.0. The molecular weight excluding hydrogens is 913 g/mol. The van der Waals surface area contributed by atoms with Crippen LogP contribution in [0.4, 0.5) is 5.69 Å². The molecular formula is C49H71B2N8O10P. The number of nitrogens with one attached hydrogen (secondary N) is 3. The Bertz CT molecular complexity index is 2250. The van der Waals surface area contributed by atoms with Crippen molar-refractivity contribution < 1.29 is 47.4 Å². The van der Waals surface area contributed by atoms with E-state index < -0.39 is 13.6 Å². The lowest BCUT2D eigenvalue weighted by Gasteiger charge is -2.28. The molecule has 4 N–H and O–H groups in total. The van der Waals surface area contributed by atoms with Crippen molar-refractivity contribution in [3.05, 3.63) is 54.1 Å². The molecule has 3 heterocycles. The number of ether oxygens (including phenoxy) is 2. The molecule has 2 aliphatic heterocycles. The molecule has 1 fully saturated rings. The number of para-hydroxylation sites is 1. The van der Waals surface area contributed by atoms with E-state index in [9.17, 15) is 33.4 Å². The summed E-state index contributed by atoms with van der Waals surface area (Å²) in [6.45, 7) is 9.49. The lowest BCUT2D eigenvalue weighted by molar-refractivity contribution is -0.134. The number of fused-ring (bicyclic) bond motifs is 5. The number of hydrogen-bond acceptors (Lipinski definition) is 11. The van der Waals surface area contributed by atoms with Gasteiger partial charge in [0.05, 0.1) is 63.9 Å². The van der Waals surface area contributed by atoms with Crippen molar-refractivity contribution in [2.45, 2.75) is 142 Å². The minimum Gasteiger partial charge on any atom is -0.382 e. The summed E-state index contributed by atoms with van der Waals surface area (Å²) in [5.74, 6) is -1.44. The largest absolute Gasteiger partial charge is 0.382 e. The number of benzene rings is 2. The molecule has 2 unspecified atom stereocenters. The normalized spacial score (nSPS) is 17.2. The molecule has 3 aromatic rings. The second-order valence-corrected chi connectivity index (χ2v) is 20.5. The molecule has 1 saturated heterocycles. The van der Waals surface area contributed by atoms with Crippen molar-refractivity contribution in [2.75, 3.05) is 50.5 Å². The maximum Gasteiger partial charge on any atom is 0.328 e. The Morgan fingerprint density at radius 2 is 1.59 bits per heavy atom. The second-order valence-electron chi connectivity index (χ2n) is 18.6. The van der Waals surface area contributed by atoms with E-state index in [0.29, 0.717) is 63.2 Å². The van der Waals surface area contributed by atoms with Crippen LogP contribution in [0.15, 0.2) is 48.5 Å². The number of nitrogens with zero attached hydrogens (tertiary/aromatic N) is 5. The molecule has 5 amide bonds. The van der Waals surface area contributed by atoms with Gasteiger partial charge in [0.15, 0.2) is 0 Å². The first-order valence-electron chi connectivity index (χ1n) is 24.8. The Kier molecular flexibility index (Phi) is 22.6. The van der Waals surface area contributed by atoms with E-state index in [1.165, 1.54) is 4.90 Å². The van der Waals surface area contributed by atoms with Crippen LogP contribution >= 0.6 is 7.60 Å². The topological polar surface area (TPSA) is 224 Å². The highest BCUT2D eigenvalue weighted by Gasteiger charge is 2.38. The number of amides is 5. The van der Waals surface area contributed by atoms with Gasteiger partial charge in [-0.25, -0.2) is 4.68 Å². The van der Waals surface area contributed by atoms with Gasteiger partial charge in [0.25, 0.3) is 0 Å². The van der Waals surface area contributed by atoms with E-state index in [2.05, 4.69) is 26.3 Å². The Hall–Kier alpha value is -4.87. The Balaban J connectivity index is 1.05. The Morgan fingerprint density at radius 3 is 2.34 bits per heavy atom. The van der Waals surface area contributed by atoms with Gasteiger partial charge in [0.2, 0.25) is 29.5 Å². The Labute approximate surface area is 415 Å². The van der Waals surface area contributed by atoms with E-state index >= 15 is 0 Å². The van der Waals surface area contributed by atoms with Crippen molar-refractivity contribution in [1.82, 2.24) is 35.8 Å².